The van der Waals surface area contributed by atoms with Crippen LogP contribution in [-0.4, -0.2) is 67.3 Å². The normalized spacial score (nSPS) is 22.2. The van der Waals surface area contributed by atoms with E-state index >= 15 is 0 Å². The lowest BCUT2D eigenvalue weighted by Gasteiger charge is -2.30. The van der Waals surface area contributed by atoms with Gasteiger partial charge >= 0.3 is 6.36 Å². The summed E-state index contributed by atoms with van der Waals surface area (Å²) >= 11 is 0. The maximum absolute atomic E-state index is 13.5. The van der Waals surface area contributed by atoms with Crippen molar-refractivity contribution in [2.45, 2.75) is 52.1 Å². The molecule has 1 aromatic rings. The van der Waals surface area contributed by atoms with Crippen LogP contribution in [-0.2, 0) is 9.53 Å². The largest absolute Gasteiger partial charge is 0.573 e. The molecule has 7 nitrogen and oxygen atoms in total. The number of amides is 1. The number of nitrogens with one attached hydrogen (secondary N) is 1. The number of alkyl halides is 3. The monoisotopic (exact) mass is 480 g/mol. The Hall–Kier alpha value is -3.01. The van der Waals surface area contributed by atoms with Gasteiger partial charge < -0.3 is 24.6 Å². The molecule has 0 saturated carbocycles. The molecule has 0 bridgehead atoms. The summed E-state index contributed by atoms with van der Waals surface area (Å²) in [4.78, 5) is 21.7. The predicted octanol–water partition coefficient (Wildman–Crippen LogP) is 4.54. The second kappa shape index (κ2) is 10.5. The zero-order chi connectivity index (χ0) is 25.0. The van der Waals surface area contributed by atoms with Gasteiger partial charge in [0.25, 0.3) is 5.91 Å². The number of methoxy groups -OCH3 is 1. The van der Waals surface area contributed by atoms with Crippen LogP contribution < -0.4 is 10.1 Å². The van der Waals surface area contributed by atoms with Crippen molar-refractivity contribution in [2.75, 3.05) is 32.6 Å². The predicted molar refractivity (Wildman–Crippen MR) is 124 cm³/mol. The Morgan fingerprint density at radius 3 is 2.56 bits per heavy atom. The highest BCUT2D eigenvalue weighted by Crippen LogP contribution is 2.30. The van der Waals surface area contributed by atoms with E-state index in [9.17, 15) is 18.0 Å². The van der Waals surface area contributed by atoms with Gasteiger partial charge in [0.15, 0.2) is 0 Å². The number of allylic oxidation sites excluding steroid dienone is 1. The van der Waals surface area contributed by atoms with Gasteiger partial charge in [0.1, 0.15) is 17.3 Å². The number of benzene rings is 1. The summed E-state index contributed by atoms with van der Waals surface area (Å²) in [5.41, 5.74) is 2.57. The molecule has 1 fully saturated rings. The number of nitrogens with zero attached hydrogens (tertiary/aromatic N) is 3. The lowest BCUT2D eigenvalue weighted by Crippen LogP contribution is -2.45. The molecule has 2 heterocycles. The van der Waals surface area contributed by atoms with Gasteiger partial charge in [-0.3, -0.25) is 9.79 Å². The average molecular weight is 481 g/mol. The van der Waals surface area contributed by atoms with Gasteiger partial charge in [0.2, 0.25) is 0 Å². The molecular weight excluding hydrogens is 449 g/mol. The van der Waals surface area contributed by atoms with Crippen molar-refractivity contribution in [1.29, 1.82) is 0 Å². The van der Waals surface area contributed by atoms with Crippen LogP contribution in [0.2, 0.25) is 0 Å². The quantitative estimate of drug-likeness (QED) is 0.621. The van der Waals surface area contributed by atoms with E-state index in [0.29, 0.717) is 30.3 Å². The van der Waals surface area contributed by atoms with Crippen LogP contribution in [0.3, 0.4) is 0 Å². The maximum atomic E-state index is 13.5. The number of likely N-dealkylation sites (N-methyl/N-ethyl adjacent to an activating group) is 1. The Balaban J connectivity index is 1.86. The SMILES string of the molecule is CC/N=C1\C(=C(/C)Nc2ccc(OC(F)(F)F)cc2)C=C(C(=O)N2CCCC2C(C)OC)N1C. The molecule has 34 heavy (non-hydrogen) atoms. The van der Waals surface area contributed by atoms with Crippen molar-refractivity contribution in [3.05, 3.63) is 47.3 Å². The van der Waals surface area contributed by atoms with E-state index in [4.69, 9.17) is 4.74 Å². The summed E-state index contributed by atoms with van der Waals surface area (Å²) in [6.07, 6.45) is -1.17. The number of hydrogen-bond donors (Lipinski definition) is 1. The van der Waals surface area contributed by atoms with Crippen molar-refractivity contribution in [3.8, 4) is 5.75 Å². The molecule has 1 saturated heterocycles. The molecule has 0 aromatic heterocycles. The Morgan fingerprint density at radius 1 is 1.29 bits per heavy atom. The summed E-state index contributed by atoms with van der Waals surface area (Å²) in [7, 11) is 3.46. The van der Waals surface area contributed by atoms with Gasteiger partial charge in [-0.1, -0.05) is 0 Å². The molecule has 0 radical (unpaired) electrons. The number of likely N-dealkylation sites (tertiary alicyclic amines) is 1. The highest BCUT2D eigenvalue weighted by Gasteiger charge is 2.38. The first-order chi connectivity index (χ1) is 16.1. The van der Waals surface area contributed by atoms with E-state index in [-0.39, 0.29) is 23.8 Å². The molecule has 2 atom stereocenters. The first-order valence-corrected chi connectivity index (χ1v) is 11.2. The Kier molecular flexibility index (Phi) is 7.91. The van der Waals surface area contributed by atoms with Crippen LogP contribution in [0.1, 0.15) is 33.6 Å². The van der Waals surface area contributed by atoms with Crippen LogP contribution in [0, 0.1) is 0 Å². The van der Waals surface area contributed by atoms with Crippen LogP contribution >= 0.6 is 0 Å². The lowest BCUT2D eigenvalue weighted by atomic mass is 10.1. The van der Waals surface area contributed by atoms with Crippen molar-refractivity contribution in [2.24, 2.45) is 4.99 Å². The topological polar surface area (TPSA) is 66.4 Å². The lowest BCUT2D eigenvalue weighted by molar-refractivity contribution is -0.274. The van der Waals surface area contributed by atoms with Gasteiger partial charge in [-0.05, 0) is 64.0 Å². The van der Waals surface area contributed by atoms with Crippen LogP contribution in [0.5, 0.6) is 5.75 Å². The number of rotatable bonds is 7. The summed E-state index contributed by atoms with van der Waals surface area (Å²) < 4.78 is 46.6. The fourth-order valence-corrected chi connectivity index (χ4v) is 4.28. The van der Waals surface area contributed by atoms with Crippen molar-refractivity contribution < 1.29 is 27.4 Å². The third-order valence-electron chi connectivity index (χ3n) is 6.03. The first-order valence-electron chi connectivity index (χ1n) is 11.2. The fourth-order valence-electron chi connectivity index (χ4n) is 4.28. The number of carbonyl (C=O) groups is 1. The molecule has 1 N–H and O–H groups in total. The van der Waals surface area contributed by atoms with Gasteiger partial charge in [-0.2, -0.15) is 0 Å². The van der Waals surface area contributed by atoms with Crippen LogP contribution in [0.25, 0.3) is 0 Å². The van der Waals surface area contributed by atoms with Crippen molar-refractivity contribution in [1.82, 2.24) is 9.80 Å². The highest BCUT2D eigenvalue weighted by molar-refractivity contribution is 6.12. The highest BCUT2D eigenvalue weighted by atomic mass is 19.4. The van der Waals surface area contributed by atoms with Crippen molar-refractivity contribution in [3.63, 3.8) is 0 Å². The van der Waals surface area contributed by atoms with E-state index in [0.717, 1.165) is 24.1 Å². The standard InChI is InChI=1S/C24H31F3N4O3/c1-6-28-22-19(15(2)29-17-9-11-18(12-10-17)34-24(25,26)27)14-21(30(22)4)23(32)31-13-7-8-20(31)16(3)33-5/h9-12,14,16,20,29H,6-8,13H2,1-5H3/b19-15+,28-22+. The molecule has 10 heteroatoms. The molecule has 2 unspecified atom stereocenters. The zero-order valence-electron chi connectivity index (χ0n) is 20.1. The van der Waals surface area contributed by atoms with Crippen molar-refractivity contribution >= 4 is 17.4 Å². The molecule has 0 aliphatic carbocycles. The second-order valence-electron chi connectivity index (χ2n) is 8.27. The molecular formula is C24H31F3N4O3. The van der Waals surface area contributed by atoms with Gasteiger partial charge in [0.05, 0.1) is 12.1 Å². The molecule has 2 aliphatic heterocycles. The first kappa shape index (κ1) is 25.6. The number of ether oxygens (including phenoxy) is 2. The average Bonchev–Trinajstić information content (AvgIpc) is 3.39. The summed E-state index contributed by atoms with van der Waals surface area (Å²) in [6.45, 7) is 6.92. The minimum absolute atomic E-state index is 0.0167. The number of aliphatic imine (C=N–C) groups is 1. The summed E-state index contributed by atoms with van der Waals surface area (Å²) in [5.74, 6) is 0.285. The molecule has 0 spiro atoms. The smallest absolute Gasteiger partial charge is 0.406 e. The molecule has 1 aromatic carbocycles. The van der Waals surface area contributed by atoms with E-state index in [1.54, 1.807) is 12.0 Å². The number of anilines is 1. The van der Waals surface area contributed by atoms with E-state index < -0.39 is 6.36 Å². The molecule has 3 rings (SSSR count). The third kappa shape index (κ3) is 5.72. The molecule has 2 aliphatic rings. The fraction of sp³-hybridized carbons (Fsp3) is 0.500. The van der Waals surface area contributed by atoms with Crippen LogP contribution in [0.4, 0.5) is 18.9 Å². The zero-order valence-corrected chi connectivity index (χ0v) is 20.1. The Morgan fingerprint density at radius 2 is 1.97 bits per heavy atom. The van der Waals surface area contributed by atoms with E-state index in [1.165, 1.54) is 24.3 Å². The molecule has 186 valence electrons. The molecule has 1 amide bonds. The van der Waals surface area contributed by atoms with Gasteiger partial charge in [-0.15, -0.1) is 13.2 Å². The van der Waals surface area contributed by atoms with Gasteiger partial charge in [-0.25, -0.2) is 0 Å². The Bertz CT molecular complexity index is 986. The minimum atomic E-state index is -4.74. The summed E-state index contributed by atoms with van der Waals surface area (Å²) in [6, 6.07) is 5.49. The van der Waals surface area contributed by atoms with E-state index in [2.05, 4.69) is 15.0 Å². The van der Waals surface area contributed by atoms with Crippen LogP contribution in [0.15, 0.2) is 52.3 Å². The minimum Gasteiger partial charge on any atom is -0.406 e. The number of halogens is 3. The van der Waals surface area contributed by atoms with E-state index in [1.807, 2.05) is 38.8 Å². The maximum Gasteiger partial charge on any atom is 0.573 e. The Labute approximate surface area is 197 Å². The summed E-state index contributed by atoms with van der Waals surface area (Å²) in [5, 5.41) is 3.19. The number of carbonyl (C=O) groups excluding carboxylic acids is 1. The third-order valence-corrected chi connectivity index (χ3v) is 6.03. The second-order valence-corrected chi connectivity index (χ2v) is 8.27. The van der Waals surface area contributed by atoms with Gasteiger partial charge in [0, 0.05) is 44.2 Å². The number of amidine groups is 1. The number of hydrogen-bond acceptors (Lipinski definition) is 5.